The number of hydrogen-bond acceptors (Lipinski definition) is 3. The third-order valence-corrected chi connectivity index (χ3v) is 5.13. The highest BCUT2D eigenvalue weighted by Gasteiger charge is 2.75. The van der Waals surface area contributed by atoms with Crippen molar-refractivity contribution in [1.29, 1.82) is 0 Å². The minimum absolute atomic E-state index is 0.193. The first-order valence-corrected chi connectivity index (χ1v) is 9.08. The van der Waals surface area contributed by atoms with Crippen LogP contribution >= 0.6 is 0 Å². The van der Waals surface area contributed by atoms with Gasteiger partial charge in [-0.15, -0.1) is 0 Å². The molecule has 2 heterocycles. The lowest BCUT2D eigenvalue weighted by atomic mass is 9.78. The molecule has 3 nitrogen and oxygen atoms in total. The summed E-state index contributed by atoms with van der Waals surface area (Å²) in [6.45, 7) is 7.01. The monoisotopic (exact) mass is 335 g/mol. The van der Waals surface area contributed by atoms with Gasteiger partial charge in [0, 0.05) is 0 Å². The molecule has 1 atom stereocenters. The molecule has 0 aromatic heterocycles. The SMILES string of the molecule is CCCC1(C2=NC(C)(C)CO2)OC1(c1ccccc1)c1ccccc1. The highest BCUT2D eigenvalue weighted by molar-refractivity contribution is 5.93. The zero-order valence-corrected chi connectivity index (χ0v) is 15.2. The van der Waals surface area contributed by atoms with Crippen LogP contribution in [-0.4, -0.2) is 23.6 Å². The third-order valence-electron chi connectivity index (χ3n) is 5.13. The van der Waals surface area contributed by atoms with E-state index >= 15 is 0 Å². The smallest absolute Gasteiger partial charge is 0.221 e. The topological polar surface area (TPSA) is 34.1 Å². The Bertz CT molecular complexity index is 743. The number of rotatable bonds is 5. The van der Waals surface area contributed by atoms with Crippen molar-refractivity contribution in [2.45, 2.75) is 50.4 Å². The summed E-state index contributed by atoms with van der Waals surface area (Å²) >= 11 is 0. The Morgan fingerprint density at radius 3 is 1.92 bits per heavy atom. The van der Waals surface area contributed by atoms with E-state index in [2.05, 4.69) is 69.3 Å². The van der Waals surface area contributed by atoms with Crippen LogP contribution in [0.25, 0.3) is 0 Å². The molecule has 0 radical (unpaired) electrons. The summed E-state index contributed by atoms with van der Waals surface area (Å²) in [7, 11) is 0. The highest BCUT2D eigenvalue weighted by atomic mass is 16.7. The van der Waals surface area contributed by atoms with Crippen LogP contribution in [0.3, 0.4) is 0 Å². The van der Waals surface area contributed by atoms with Crippen molar-refractivity contribution >= 4 is 5.90 Å². The van der Waals surface area contributed by atoms with Gasteiger partial charge in [0.1, 0.15) is 6.61 Å². The van der Waals surface area contributed by atoms with Gasteiger partial charge in [0.15, 0.2) is 11.2 Å². The molecule has 1 saturated heterocycles. The van der Waals surface area contributed by atoms with Crippen molar-refractivity contribution < 1.29 is 9.47 Å². The minimum atomic E-state index is -0.523. The van der Waals surface area contributed by atoms with Gasteiger partial charge in [0.25, 0.3) is 0 Å². The van der Waals surface area contributed by atoms with Gasteiger partial charge >= 0.3 is 0 Å². The largest absolute Gasteiger partial charge is 0.476 e. The molecule has 3 heteroatoms. The van der Waals surface area contributed by atoms with Crippen molar-refractivity contribution in [2.75, 3.05) is 6.61 Å². The quantitative estimate of drug-likeness (QED) is 0.742. The van der Waals surface area contributed by atoms with E-state index in [0.29, 0.717) is 6.61 Å². The summed E-state index contributed by atoms with van der Waals surface area (Å²) in [5.74, 6) is 0.757. The van der Waals surface area contributed by atoms with E-state index in [4.69, 9.17) is 14.5 Å². The maximum atomic E-state index is 6.63. The van der Waals surface area contributed by atoms with Gasteiger partial charge in [0.2, 0.25) is 5.90 Å². The first-order valence-electron chi connectivity index (χ1n) is 9.08. The second kappa shape index (κ2) is 5.70. The molecule has 25 heavy (non-hydrogen) atoms. The van der Waals surface area contributed by atoms with Crippen LogP contribution in [0.15, 0.2) is 65.7 Å². The predicted octanol–water partition coefficient (Wildman–Crippen LogP) is 4.71. The molecule has 0 aliphatic carbocycles. The Balaban J connectivity index is 1.89. The average Bonchev–Trinajstić information content (AvgIpc) is 3.17. The second-order valence-electron chi connectivity index (χ2n) is 7.61. The van der Waals surface area contributed by atoms with E-state index in [1.165, 1.54) is 0 Å². The fourth-order valence-corrected chi connectivity index (χ4v) is 4.00. The van der Waals surface area contributed by atoms with Crippen LogP contribution in [0, 0.1) is 0 Å². The lowest BCUT2D eigenvalue weighted by Crippen LogP contribution is -2.34. The zero-order valence-electron chi connectivity index (χ0n) is 15.2. The molecule has 0 spiro atoms. The molecule has 1 fully saturated rings. The van der Waals surface area contributed by atoms with Gasteiger partial charge in [-0.3, -0.25) is 0 Å². The summed E-state index contributed by atoms with van der Waals surface area (Å²) in [6, 6.07) is 20.9. The number of epoxide rings is 1. The van der Waals surface area contributed by atoms with Crippen LogP contribution in [0.1, 0.15) is 44.7 Å². The summed E-state index contributed by atoms with van der Waals surface area (Å²) in [5, 5.41) is 0. The standard InChI is InChI=1S/C22H25NO2/c1-4-15-21(19-23-20(2,3)16-24-19)22(25-21,17-11-7-5-8-12-17)18-13-9-6-10-14-18/h5-14H,4,15-16H2,1-3H3. The maximum Gasteiger partial charge on any atom is 0.221 e. The lowest BCUT2D eigenvalue weighted by Gasteiger charge is -2.20. The fourth-order valence-electron chi connectivity index (χ4n) is 4.00. The molecule has 2 aliphatic rings. The van der Waals surface area contributed by atoms with E-state index in [-0.39, 0.29) is 5.54 Å². The normalized spacial score (nSPS) is 26.0. The van der Waals surface area contributed by atoms with Gasteiger partial charge in [-0.2, -0.15) is 0 Å². The Labute approximate surface area is 149 Å². The highest BCUT2D eigenvalue weighted by Crippen LogP contribution is 2.63. The van der Waals surface area contributed by atoms with Crippen molar-refractivity contribution in [3.63, 3.8) is 0 Å². The van der Waals surface area contributed by atoms with Crippen LogP contribution in [-0.2, 0) is 15.1 Å². The van der Waals surface area contributed by atoms with Gasteiger partial charge in [-0.05, 0) is 31.4 Å². The number of nitrogens with zero attached hydrogens (tertiary/aromatic N) is 1. The zero-order chi connectivity index (χ0) is 17.5. The lowest BCUT2D eigenvalue weighted by molar-refractivity contribution is 0.239. The van der Waals surface area contributed by atoms with Crippen molar-refractivity contribution in [3.8, 4) is 0 Å². The molecule has 2 aromatic rings. The van der Waals surface area contributed by atoms with Gasteiger partial charge in [-0.1, -0.05) is 74.0 Å². The van der Waals surface area contributed by atoms with E-state index in [1.807, 2.05) is 12.1 Å². The van der Waals surface area contributed by atoms with E-state index in [9.17, 15) is 0 Å². The van der Waals surface area contributed by atoms with Crippen molar-refractivity contribution in [1.82, 2.24) is 0 Å². The molecule has 2 aliphatic heterocycles. The Morgan fingerprint density at radius 1 is 0.920 bits per heavy atom. The number of benzene rings is 2. The summed E-state index contributed by atoms with van der Waals surface area (Å²) in [6.07, 6.45) is 1.88. The van der Waals surface area contributed by atoms with Crippen LogP contribution < -0.4 is 0 Å². The maximum absolute atomic E-state index is 6.63. The first kappa shape index (κ1) is 16.3. The molecule has 4 rings (SSSR count). The molecule has 0 bridgehead atoms. The van der Waals surface area contributed by atoms with Gasteiger partial charge < -0.3 is 9.47 Å². The number of ether oxygens (including phenoxy) is 2. The third kappa shape index (κ3) is 2.41. The van der Waals surface area contributed by atoms with Crippen molar-refractivity contribution in [2.24, 2.45) is 4.99 Å². The molecule has 0 amide bonds. The Kier molecular flexibility index (Phi) is 3.73. The van der Waals surface area contributed by atoms with E-state index < -0.39 is 11.2 Å². The van der Waals surface area contributed by atoms with Crippen LogP contribution in [0.2, 0.25) is 0 Å². The fraction of sp³-hybridized carbons (Fsp3) is 0.409. The van der Waals surface area contributed by atoms with Gasteiger partial charge in [-0.25, -0.2) is 4.99 Å². The van der Waals surface area contributed by atoms with E-state index in [1.54, 1.807) is 0 Å². The molecule has 1 unspecified atom stereocenters. The van der Waals surface area contributed by atoms with Gasteiger partial charge in [0.05, 0.1) is 5.54 Å². The molecule has 2 aromatic carbocycles. The average molecular weight is 335 g/mol. The Hall–Kier alpha value is -2.13. The van der Waals surface area contributed by atoms with Crippen molar-refractivity contribution in [3.05, 3.63) is 71.8 Å². The minimum Gasteiger partial charge on any atom is -0.476 e. The predicted molar refractivity (Wildman–Crippen MR) is 99.9 cm³/mol. The number of aliphatic imine (C=N–C) groups is 1. The summed E-state index contributed by atoms with van der Waals surface area (Å²) in [5.41, 5.74) is 1.08. The molecule has 0 saturated carbocycles. The number of hydrogen-bond donors (Lipinski definition) is 0. The summed E-state index contributed by atoms with van der Waals surface area (Å²) in [4.78, 5) is 4.89. The van der Waals surface area contributed by atoms with Crippen LogP contribution in [0.5, 0.6) is 0 Å². The Morgan fingerprint density at radius 2 is 1.48 bits per heavy atom. The molecular weight excluding hydrogens is 310 g/mol. The first-order chi connectivity index (χ1) is 12.0. The van der Waals surface area contributed by atoms with E-state index in [0.717, 1.165) is 29.9 Å². The van der Waals surface area contributed by atoms with Crippen LogP contribution in [0.4, 0.5) is 0 Å². The second-order valence-corrected chi connectivity index (χ2v) is 7.61. The molecular formula is C22H25NO2. The molecule has 0 N–H and O–H groups in total. The summed E-state index contributed by atoms with van der Waals surface area (Å²) < 4.78 is 12.7. The molecule has 130 valence electrons.